The largest absolute Gasteiger partial charge is 0.466 e. The monoisotopic (exact) mass is 576 g/mol. The summed E-state index contributed by atoms with van der Waals surface area (Å²) in [6.45, 7) is 6.50. The second-order valence-corrected chi connectivity index (χ2v) is 11.1. The number of unbranched alkanes of at least 4 members (excludes halogenated alkanes) is 18. The lowest BCUT2D eigenvalue weighted by Gasteiger charge is -2.18. The molecule has 0 saturated carbocycles. The Labute approximate surface area is 233 Å². The minimum atomic E-state index is -0.280. The number of rotatable bonds is 30. The zero-order chi connectivity index (χ0) is 26.4. The first kappa shape index (κ1) is 35.9. The Kier molecular flexibility index (Phi) is 31.0. The highest BCUT2D eigenvalue weighted by Gasteiger charge is 2.13. The van der Waals surface area contributed by atoms with E-state index in [1.54, 1.807) is 0 Å². The van der Waals surface area contributed by atoms with Crippen LogP contribution in [0.4, 0.5) is 0 Å². The quantitative estimate of drug-likeness (QED) is 0.0369. The molecule has 0 aromatic heterocycles. The number of esters is 1. The number of alkyl halides is 1. The second kappa shape index (κ2) is 31.1. The normalized spacial score (nSPS) is 11.4. The van der Waals surface area contributed by atoms with Crippen LogP contribution in [0.25, 0.3) is 0 Å². The summed E-state index contributed by atoms with van der Waals surface area (Å²) in [6, 6.07) is 0. The molecule has 0 saturated heterocycles. The van der Waals surface area contributed by atoms with E-state index in [-0.39, 0.29) is 12.3 Å². The van der Waals surface area contributed by atoms with Gasteiger partial charge in [-0.05, 0) is 25.7 Å². The highest BCUT2D eigenvalue weighted by molar-refractivity contribution is 9.09. The minimum Gasteiger partial charge on any atom is -0.466 e. The molecule has 216 valence electrons. The van der Waals surface area contributed by atoms with Gasteiger partial charge in [0.1, 0.15) is 0 Å². The zero-order valence-corrected chi connectivity index (χ0v) is 25.8. The van der Waals surface area contributed by atoms with Crippen molar-refractivity contribution in [3.05, 3.63) is 0 Å². The third-order valence-corrected chi connectivity index (χ3v) is 7.29. The molecular weight excluding hydrogens is 516 g/mol. The van der Waals surface area contributed by atoms with Crippen LogP contribution in [0.5, 0.6) is 0 Å². The van der Waals surface area contributed by atoms with Crippen LogP contribution in [0.2, 0.25) is 0 Å². The summed E-state index contributed by atoms with van der Waals surface area (Å²) < 4.78 is 17.6. The van der Waals surface area contributed by atoms with Gasteiger partial charge in [0.2, 0.25) is 0 Å². The van der Waals surface area contributed by atoms with Crippen molar-refractivity contribution in [2.75, 3.05) is 25.2 Å². The molecule has 0 fully saturated rings. The number of carbonyl (C=O) groups is 1. The first-order valence-electron chi connectivity index (χ1n) is 15.7. The van der Waals surface area contributed by atoms with E-state index in [4.69, 9.17) is 14.2 Å². The topological polar surface area (TPSA) is 44.8 Å². The third-order valence-electron chi connectivity index (χ3n) is 6.73. The van der Waals surface area contributed by atoms with Crippen LogP contribution < -0.4 is 0 Å². The average Bonchev–Trinajstić information content (AvgIpc) is 2.88. The molecule has 0 N–H and O–H groups in total. The molecule has 0 aliphatic rings. The van der Waals surface area contributed by atoms with Crippen LogP contribution in [0.1, 0.15) is 162 Å². The van der Waals surface area contributed by atoms with Gasteiger partial charge in [-0.2, -0.15) is 0 Å². The van der Waals surface area contributed by atoms with Crippen LogP contribution in [0.3, 0.4) is 0 Å². The van der Waals surface area contributed by atoms with Gasteiger partial charge in [-0.25, -0.2) is 0 Å². The minimum absolute atomic E-state index is 0.114. The van der Waals surface area contributed by atoms with Crippen LogP contribution >= 0.6 is 15.9 Å². The van der Waals surface area contributed by atoms with Crippen LogP contribution in [0, 0.1) is 0 Å². The number of hydrogen-bond acceptors (Lipinski definition) is 4. The van der Waals surface area contributed by atoms with Crippen LogP contribution in [-0.4, -0.2) is 37.4 Å². The van der Waals surface area contributed by atoms with E-state index in [2.05, 4.69) is 29.8 Å². The lowest BCUT2D eigenvalue weighted by atomic mass is 10.1. The number of halogens is 1. The molecule has 0 heterocycles. The Hall–Kier alpha value is -0.130. The van der Waals surface area contributed by atoms with Gasteiger partial charge in [0, 0.05) is 25.0 Å². The van der Waals surface area contributed by atoms with Crippen molar-refractivity contribution < 1.29 is 19.0 Å². The maximum absolute atomic E-state index is 12.2. The van der Waals surface area contributed by atoms with E-state index in [9.17, 15) is 4.79 Å². The summed E-state index contributed by atoms with van der Waals surface area (Å²) in [5.74, 6) is -0.114. The van der Waals surface area contributed by atoms with Crippen molar-refractivity contribution in [1.29, 1.82) is 0 Å². The fourth-order valence-electron chi connectivity index (χ4n) is 4.34. The molecule has 0 aliphatic carbocycles. The molecule has 0 bridgehead atoms. The molecule has 0 rings (SSSR count). The van der Waals surface area contributed by atoms with Gasteiger partial charge in [-0.3, -0.25) is 4.79 Å². The van der Waals surface area contributed by atoms with Gasteiger partial charge < -0.3 is 14.2 Å². The zero-order valence-electron chi connectivity index (χ0n) is 24.2. The molecule has 36 heavy (non-hydrogen) atoms. The highest BCUT2D eigenvalue weighted by Crippen LogP contribution is 2.13. The van der Waals surface area contributed by atoms with Gasteiger partial charge in [0.15, 0.2) is 6.29 Å². The van der Waals surface area contributed by atoms with Gasteiger partial charge in [0.05, 0.1) is 13.0 Å². The Morgan fingerprint density at radius 1 is 0.556 bits per heavy atom. The summed E-state index contributed by atoms with van der Waals surface area (Å²) >= 11 is 3.48. The maximum atomic E-state index is 12.2. The Morgan fingerprint density at radius 2 is 0.944 bits per heavy atom. The summed E-state index contributed by atoms with van der Waals surface area (Å²) in [4.78, 5) is 12.2. The average molecular weight is 578 g/mol. The fraction of sp³-hybridized carbons (Fsp3) is 0.968. The number of hydrogen-bond donors (Lipinski definition) is 0. The molecule has 0 aromatic carbocycles. The molecule has 0 spiro atoms. The molecule has 0 amide bonds. The Morgan fingerprint density at radius 3 is 1.39 bits per heavy atom. The van der Waals surface area contributed by atoms with Crippen LogP contribution in [-0.2, 0) is 19.0 Å². The van der Waals surface area contributed by atoms with Crippen molar-refractivity contribution in [3.8, 4) is 0 Å². The van der Waals surface area contributed by atoms with Gasteiger partial charge in [-0.1, -0.05) is 139 Å². The lowest BCUT2D eigenvalue weighted by molar-refractivity contribution is -0.159. The van der Waals surface area contributed by atoms with Crippen molar-refractivity contribution >= 4 is 21.9 Å². The van der Waals surface area contributed by atoms with E-state index in [0.29, 0.717) is 19.4 Å². The molecular formula is C31H61BrO4. The SMILES string of the molecule is CCCCCCCCCOC(CCC(=O)OCCCCCCCCCBr)OCCCCCCCCC. The highest BCUT2D eigenvalue weighted by atomic mass is 79.9. The van der Waals surface area contributed by atoms with Gasteiger partial charge in [0.25, 0.3) is 0 Å². The summed E-state index contributed by atoms with van der Waals surface area (Å²) in [5.41, 5.74) is 0. The van der Waals surface area contributed by atoms with E-state index in [1.165, 1.54) is 109 Å². The van der Waals surface area contributed by atoms with Gasteiger partial charge >= 0.3 is 5.97 Å². The van der Waals surface area contributed by atoms with Crippen molar-refractivity contribution in [2.45, 2.75) is 168 Å². The molecule has 5 heteroatoms. The molecule has 4 nitrogen and oxygen atoms in total. The first-order valence-corrected chi connectivity index (χ1v) is 16.8. The molecule has 0 atom stereocenters. The Bertz CT molecular complexity index is 413. The lowest BCUT2D eigenvalue weighted by Crippen LogP contribution is -2.21. The van der Waals surface area contributed by atoms with Crippen LogP contribution in [0.15, 0.2) is 0 Å². The van der Waals surface area contributed by atoms with Crippen molar-refractivity contribution in [2.24, 2.45) is 0 Å². The Balaban J connectivity index is 3.99. The third kappa shape index (κ3) is 28.4. The number of ether oxygens (including phenoxy) is 3. The van der Waals surface area contributed by atoms with E-state index < -0.39 is 0 Å². The predicted octanol–water partition coefficient (Wildman–Crippen LogP) is 10.3. The summed E-state index contributed by atoms with van der Waals surface area (Å²) in [7, 11) is 0. The molecule has 0 aliphatic heterocycles. The van der Waals surface area contributed by atoms with E-state index in [0.717, 1.165) is 44.2 Å². The van der Waals surface area contributed by atoms with Crippen molar-refractivity contribution in [1.82, 2.24) is 0 Å². The van der Waals surface area contributed by atoms with Gasteiger partial charge in [-0.15, -0.1) is 0 Å². The fourth-order valence-corrected chi connectivity index (χ4v) is 4.73. The van der Waals surface area contributed by atoms with E-state index in [1.807, 2.05) is 0 Å². The molecule has 0 aromatic rings. The summed E-state index contributed by atoms with van der Waals surface area (Å²) in [6.07, 6.45) is 27.0. The summed E-state index contributed by atoms with van der Waals surface area (Å²) in [5, 5.41) is 1.11. The predicted molar refractivity (Wildman–Crippen MR) is 158 cm³/mol. The second-order valence-electron chi connectivity index (χ2n) is 10.3. The standard InChI is InChI=1S/C31H61BrO4/c1-3-5-7-9-13-18-22-28-35-31(36-29-23-19-14-10-8-6-4-2)25-24-30(33)34-27-21-17-15-11-12-16-20-26-32/h31H,3-29H2,1-2H3. The number of carbonyl (C=O) groups excluding carboxylic acids is 1. The van der Waals surface area contributed by atoms with E-state index >= 15 is 0 Å². The first-order chi connectivity index (χ1) is 17.7. The van der Waals surface area contributed by atoms with Crippen molar-refractivity contribution in [3.63, 3.8) is 0 Å². The molecule has 0 unspecified atom stereocenters. The maximum Gasteiger partial charge on any atom is 0.305 e. The smallest absolute Gasteiger partial charge is 0.305 e. The molecule has 0 radical (unpaired) electrons.